The average Bonchev–Trinajstić information content (AvgIpc) is 2.28. The molecule has 0 bridgehead atoms. The van der Waals surface area contributed by atoms with Gasteiger partial charge in [0.2, 0.25) is 12.4 Å². The SMILES string of the molecule is COC(=O)c1c[n+](N)ccc1NC(=O)OC(C)(C)C. The number of hydrogen-bond acceptors (Lipinski definition) is 5. The highest BCUT2D eigenvalue weighted by atomic mass is 16.6. The van der Waals surface area contributed by atoms with Crippen LogP contribution in [0.15, 0.2) is 18.5 Å². The van der Waals surface area contributed by atoms with Crippen LogP contribution >= 0.6 is 0 Å². The summed E-state index contributed by atoms with van der Waals surface area (Å²) in [6, 6.07) is 1.48. The van der Waals surface area contributed by atoms with Crippen LogP contribution < -0.4 is 15.8 Å². The number of rotatable bonds is 2. The minimum absolute atomic E-state index is 0.137. The van der Waals surface area contributed by atoms with E-state index >= 15 is 0 Å². The normalized spacial score (nSPS) is 10.7. The lowest BCUT2D eigenvalue weighted by atomic mass is 10.2. The lowest BCUT2D eigenvalue weighted by molar-refractivity contribution is -0.638. The second kappa shape index (κ2) is 5.55. The molecule has 1 amide bonds. The molecule has 3 N–H and O–H groups in total. The average molecular weight is 268 g/mol. The molecule has 0 aliphatic heterocycles. The molecule has 0 saturated heterocycles. The Balaban J connectivity index is 2.95. The molecule has 0 unspecified atom stereocenters. The summed E-state index contributed by atoms with van der Waals surface area (Å²) in [6.45, 7) is 5.23. The smallest absolute Gasteiger partial charge is 0.412 e. The number of aromatic nitrogens is 1. The third-order valence-electron chi connectivity index (χ3n) is 2.02. The second-order valence-corrected chi connectivity index (χ2v) is 4.84. The maximum absolute atomic E-state index is 11.7. The van der Waals surface area contributed by atoms with Crippen LogP contribution in [0.4, 0.5) is 10.5 Å². The Kier molecular flexibility index (Phi) is 4.31. The van der Waals surface area contributed by atoms with Crippen LogP contribution in [0.5, 0.6) is 0 Å². The molecule has 0 fully saturated rings. The van der Waals surface area contributed by atoms with E-state index in [1.807, 2.05) is 0 Å². The van der Waals surface area contributed by atoms with Gasteiger partial charge >= 0.3 is 12.1 Å². The van der Waals surface area contributed by atoms with Gasteiger partial charge in [-0.2, -0.15) is 0 Å². The molecule has 7 nitrogen and oxygen atoms in total. The van der Waals surface area contributed by atoms with E-state index in [0.717, 1.165) is 0 Å². The van der Waals surface area contributed by atoms with Gasteiger partial charge in [0.15, 0.2) is 0 Å². The van der Waals surface area contributed by atoms with E-state index in [2.05, 4.69) is 10.1 Å². The fourth-order valence-electron chi connectivity index (χ4n) is 1.31. The molecule has 0 radical (unpaired) electrons. The topological polar surface area (TPSA) is 94.5 Å². The first-order valence-corrected chi connectivity index (χ1v) is 5.61. The van der Waals surface area contributed by atoms with E-state index in [-0.39, 0.29) is 11.3 Å². The number of anilines is 1. The number of nitrogen functional groups attached to an aromatic ring is 1. The monoisotopic (exact) mass is 268 g/mol. The molecular formula is C12H18N3O4+. The predicted molar refractivity (Wildman–Crippen MR) is 68.0 cm³/mol. The van der Waals surface area contributed by atoms with Crippen molar-refractivity contribution in [2.45, 2.75) is 26.4 Å². The summed E-state index contributed by atoms with van der Waals surface area (Å²) in [5, 5.41) is 2.48. The van der Waals surface area contributed by atoms with Crippen molar-refractivity contribution in [3.05, 3.63) is 24.0 Å². The highest BCUT2D eigenvalue weighted by molar-refractivity contribution is 5.99. The maximum Gasteiger partial charge on any atom is 0.412 e. The Hall–Kier alpha value is -2.31. The van der Waals surface area contributed by atoms with Crippen LogP contribution in [0, 0.1) is 0 Å². The standard InChI is InChI=1S/C12H17N3O4/c1-12(2,3)19-11(17)14-9-5-6-15(13)7-8(9)10(16)18-4/h5-7H,13H2,1-4H3/p+1. The van der Waals surface area contributed by atoms with E-state index in [9.17, 15) is 9.59 Å². The molecule has 7 heteroatoms. The number of methoxy groups -OCH3 is 1. The van der Waals surface area contributed by atoms with E-state index < -0.39 is 17.7 Å². The van der Waals surface area contributed by atoms with Gasteiger partial charge in [-0.3, -0.25) is 5.32 Å². The number of carbonyl (C=O) groups is 2. The first-order valence-electron chi connectivity index (χ1n) is 5.61. The zero-order chi connectivity index (χ0) is 14.6. The van der Waals surface area contributed by atoms with E-state index in [1.165, 1.54) is 30.2 Å². The maximum atomic E-state index is 11.7. The van der Waals surface area contributed by atoms with Gasteiger partial charge in [-0.25, -0.2) is 15.4 Å². The van der Waals surface area contributed by atoms with Crippen LogP contribution in [0.25, 0.3) is 0 Å². The van der Waals surface area contributed by atoms with Gasteiger partial charge in [-0.05, 0) is 20.8 Å². The van der Waals surface area contributed by atoms with Gasteiger partial charge in [0.05, 0.1) is 12.8 Å². The van der Waals surface area contributed by atoms with Crippen LogP contribution in [0.1, 0.15) is 31.1 Å². The molecule has 0 aliphatic carbocycles. The number of nitrogens with two attached hydrogens (primary N) is 1. The molecule has 104 valence electrons. The molecule has 19 heavy (non-hydrogen) atoms. The molecule has 0 aliphatic rings. The Morgan fingerprint density at radius 2 is 2.00 bits per heavy atom. The minimum Gasteiger partial charge on any atom is -0.465 e. The molecule has 1 aromatic heterocycles. The van der Waals surface area contributed by atoms with Gasteiger partial charge in [-0.15, -0.1) is 0 Å². The van der Waals surface area contributed by atoms with E-state index in [0.29, 0.717) is 0 Å². The largest absolute Gasteiger partial charge is 0.465 e. The molecule has 1 rings (SSSR count). The summed E-state index contributed by atoms with van der Waals surface area (Å²) >= 11 is 0. The second-order valence-electron chi connectivity index (χ2n) is 4.84. The van der Waals surface area contributed by atoms with Crippen molar-refractivity contribution in [2.75, 3.05) is 18.3 Å². The molecule has 0 saturated carbocycles. The van der Waals surface area contributed by atoms with E-state index in [1.54, 1.807) is 20.8 Å². The van der Waals surface area contributed by atoms with Gasteiger partial charge in [-0.1, -0.05) is 4.68 Å². The van der Waals surface area contributed by atoms with Crippen molar-refractivity contribution in [1.82, 2.24) is 0 Å². The third-order valence-corrected chi connectivity index (χ3v) is 2.02. The summed E-state index contributed by atoms with van der Waals surface area (Å²) in [6.07, 6.45) is 2.17. The summed E-state index contributed by atoms with van der Waals surface area (Å²) in [5.74, 6) is 4.91. The lowest BCUT2D eigenvalue weighted by Gasteiger charge is -2.19. The van der Waals surface area contributed by atoms with Crippen LogP contribution in [-0.4, -0.2) is 24.8 Å². The highest BCUT2D eigenvalue weighted by Crippen LogP contribution is 2.15. The first kappa shape index (κ1) is 14.7. The third kappa shape index (κ3) is 4.46. The summed E-state index contributed by atoms with van der Waals surface area (Å²) < 4.78 is 10.9. The minimum atomic E-state index is -0.660. The zero-order valence-corrected chi connectivity index (χ0v) is 11.4. The fourth-order valence-corrected chi connectivity index (χ4v) is 1.31. The lowest BCUT2D eigenvalue weighted by Crippen LogP contribution is -2.44. The molecular weight excluding hydrogens is 250 g/mol. The van der Waals surface area contributed by atoms with E-state index in [4.69, 9.17) is 10.6 Å². The molecule has 1 aromatic rings. The number of ether oxygens (including phenoxy) is 2. The molecule has 0 atom stereocenters. The Morgan fingerprint density at radius 1 is 1.37 bits per heavy atom. The van der Waals surface area contributed by atoms with Crippen molar-refractivity contribution >= 4 is 17.7 Å². The van der Waals surface area contributed by atoms with Crippen molar-refractivity contribution in [1.29, 1.82) is 0 Å². The number of amides is 1. The number of hydrogen-bond donors (Lipinski definition) is 2. The van der Waals surface area contributed by atoms with Crippen molar-refractivity contribution < 1.29 is 23.7 Å². The Labute approximate surface area is 111 Å². The van der Waals surface area contributed by atoms with Gasteiger partial charge in [0, 0.05) is 6.07 Å². The Morgan fingerprint density at radius 3 is 2.53 bits per heavy atom. The van der Waals surface area contributed by atoms with Gasteiger partial charge in [0.1, 0.15) is 11.2 Å². The number of nitrogens with one attached hydrogen (secondary N) is 1. The zero-order valence-electron chi connectivity index (χ0n) is 11.4. The number of carbonyl (C=O) groups excluding carboxylic acids is 2. The predicted octanol–water partition coefficient (Wildman–Crippen LogP) is 0.821. The summed E-state index contributed by atoms with van der Waals surface area (Å²) in [5.41, 5.74) is -0.223. The number of pyridine rings is 1. The summed E-state index contributed by atoms with van der Waals surface area (Å²) in [7, 11) is 1.24. The quantitative estimate of drug-likeness (QED) is 0.470. The number of nitrogens with zero attached hydrogens (tertiary/aromatic N) is 1. The van der Waals surface area contributed by atoms with Crippen molar-refractivity contribution in [3.63, 3.8) is 0 Å². The van der Waals surface area contributed by atoms with Crippen LogP contribution in [0.2, 0.25) is 0 Å². The molecule has 1 heterocycles. The van der Waals surface area contributed by atoms with Gasteiger partial charge in [0.25, 0.3) is 0 Å². The Bertz CT molecular complexity index is 494. The molecule has 0 spiro atoms. The van der Waals surface area contributed by atoms with Crippen molar-refractivity contribution in [3.8, 4) is 0 Å². The van der Waals surface area contributed by atoms with Crippen LogP contribution in [0.3, 0.4) is 0 Å². The van der Waals surface area contributed by atoms with Gasteiger partial charge < -0.3 is 9.47 Å². The number of esters is 1. The highest BCUT2D eigenvalue weighted by Gasteiger charge is 2.21. The fraction of sp³-hybridized carbons (Fsp3) is 0.417. The van der Waals surface area contributed by atoms with Crippen molar-refractivity contribution in [2.24, 2.45) is 0 Å². The van der Waals surface area contributed by atoms with Crippen LogP contribution in [-0.2, 0) is 9.47 Å². The molecule has 0 aromatic carbocycles. The summed E-state index contributed by atoms with van der Waals surface area (Å²) in [4.78, 5) is 23.2. The first-order chi connectivity index (χ1) is 8.73.